The number of anilines is 1. The van der Waals surface area contributed by atoms with Gasteiger partial charge in [-0.2, -0.15) is 5.10 Å². The monoisotopic (exact) mass is 295 g/mol. The normalized spacial score (nSPS) is 17.3. The Balaban J connectivity index is 1.87. The molecule has 2 heterocycles. The van der Waals surface area contributed by atoms with Gasteiger partial charge in [-0.15, -0.1) is 0 Å². The van der Waals surface area contributed by atoms with Crippen LogP contribution in [0.25, 0.3) is 6.08 Å². The second-order valence-corrected chi connectivity index (χ2v) is 5.93. The molecule has 0 saturated carbocycles. The second-order valence-electron chi connectivity index (χ2n) is 5.93. The summed E-state index contributed by atoms with van der Waals surface area (Å²) >= 11 is 0. The molecule has 0 fully saturated rings. The molecule has 2 aromatic rings. The third kappa shape index (κ3) is 2.34. The highest BCUT2D eigenvalue weighted by Crippen LogP contribution is 2.32. The fourth-order valence-corrected chi connectivity index (χ4v) is 3.17. The molecular weight excluding hydrogens is 274 g/mol. The highest BCUT2D eigenvalue weighted by Gasteiger charge is 2.29. The third-order valence-electron chi connectivity index (χ3n) is 4.40. The molecule has 1 aliphatic heterocycles. The molecular formula is C18H21N3O. The summed E-state index contributed by atoms with van der Waals surface area (Å²) in [4.78, 5) is 14.5. The Morgan fingerprint density at radius 3 is 2.73 bits per heavy atom. The Morgan fingerprint density at radius 2 is 2.05 bits per heavy atom. The Hall–Kier alpha value is -2.36. The van der Waals surface area contributed by atoms with Gasteiger partial charge in [-0.3, -0.25) is 9.48 Å². The molecule has 1 aromatic carbocycles. The number of carbonyl (C=O) groups is 1. The van der Waals surface area contributed by atoms with Gasteiger partial charge in [0.25, 0.3) is 5.91 Å². The lowest BCUT2D eigenvalue weighted by Crippen LogP contribution is -2.34. The lowest BCUT2D eigenvalue weighted by molar-refractivity contribution is -0.114. The van der Waals surface area contributed by atoms with Crippen molar-refractivity contribution in [3.8, 4) is 0 Å². The number of hydrogen-bond donors (Lipinski definition) is 0. The van der Waals surface area contributed by atoms with E-state index in [4.69, 9.17) is 0 Å². The molecule has 4 heteroatoms. The van der Waals surface area contributed by atoms with Crippen molar-refractivity contribution in [2.75, 3.05) is 4.90 Å². The molecule has 4 nitrogen and oxygen atoms in total. The van der Waals surface area contributed by atoms with E-state index >= 15 is 0 Å². The summed E-state index contributed by atoms with van der Waals surface area (Å²) in [6.07, 6.45) is 4.46. The van der Waals surface area contributed by atoms with E-state index in [2.05, 4.69) is 18.1 Å². The van der Waals surface area contributed by atoms with Crippen molar-refractivity contribution in [2.24, 2.45) is 7.05 Å². The first-order valence-electron chi connectivity index (χ1n) is 7.58. The van der Waals surface area contributed by atoms with Gasteiger partial charge in [-0.05, 0) is 44.9 Å². The van der Waals surface area contributed by atoms with E-state index in [0.29, 0.717) is 0 Å². The molecule has 1 aromatic heterocycles. The molecule has 22 heavy (non-hydrogen) atoms. The van der Waals surface area contributed by atoms with Crippen molar-refractivity contribution >= 4 is 17.7 Å². The highest BCUT2D eigenvalue weighted by molar-refractivity contribution is 6.05. The second kappa shape index (κ2) is 5.44. The van der Waals surface area contributed by atoms with Gasteiger partial charge in [0.05, 0.1) is 5.69 Å². The van der Waals surface area contributed by atoms with Gasteiger partial charge < -0.3 is 4.90 Å². The van der Waals surface area contributed by atoms with Gasteiger partial charge in [0.15, 0.2) is 0 Å². The maximum atomic E-state index is 12.6. The SMILES string of the molecule is Cc1nn(C)c(C)c1/C=C/C(=O)N1c2ccccc2CC1C. The minimum Gasteiger partial charge on any atom is -0.305 e. The molecule has 0 radical (unpaired) electrons. The van der Waals surface area contributed by atoms with Gasteiger partial charge in [0.1, 0.15) is 0 Å². The van der Waals surface area contributed by atoms with E-state index < -0.39 is 0 Å². The van der Waals surface area contributed by atoms with Crippen molar-refractivity contribution < 1.29 is 4.79 Å². The van der Waals surface area contributed by atoms with Gasteiger partial charge >= 0.3 is 0 Å². The zero-order valence-corrected chi connectivity index (χ0v) is 13.5. The lowest BCUT2D eigenvalue weighted by Gasteiger charge is -2.20. The Labute approximate surface area is 131 Å². The maximum Gasteiger partial charge on any atom is 0.251 e. The van der Waals surface area contributed by atoms with Crippen LogP contribution >= 0.6 is 0 Å². The quantitative estimate of drug-likeness (QED) is 0.799. The smallest absolute Gasteiger partial charge is 0.251 e. The van der Waals surface area contributed by atoms with Crippen LogP contribution in [0.4, 0.5) is 5.69 Å². The molecule has 0 N–H and O–H groups in total. The fourth-order valence-electron chi connectivity index (χ4n) is 3.17. The average molecular weight is 295 g/mol. The molecule has 0 aliphatic carbocycles. The molecule has 1 aliphatic rings. The number of para-hydroxylation sites is 1. The van der Waals surface area contributed by atoms with Crippen molar-refractivity contribution in [1.29, 1.82) is 0 Å². The van der Waals surface area contributed by atoms with E-state index in [9.17, 15) is 4.79 Å². The number of amides is 1. The number of nitrogens with zero attached hydrogens (tertiary/aromatic N) is 3. The molecule has 1 atom stereocenters. The molecule has 0 spiro atoms. The number of fused-ring (bicyclic) bond motifs is 1. The number of aryl methyl sites for hydroxylation is 2. The van der Waals surface area contributed by atoms with Crippen LogP contribution < -0.4 is 4.90 Å². The van der Waals surface area contributed by atoms with Crippen molar-refractivity contribution in [3.05, 3.63) is 52.9 Å². The molecule has 3 rings (SSSR count). The average Bonchev–Trinajstić information content (AvgIpc) is 2.93. The number of benzene rings is 1. The summed E-state index contributed by atoms with van der Waals surface area (Å²) < 4.78 is 1.84. The third-order valence-corrected chi connectivity index (χ3v) is 4.40. The van der Waals surface area contributed by atoms with E-state index in [1.165, 1.54) is 5.56 Å². The van der Waals surface area contributed by atoms with E-state index in [-0.39, 0.29) is 11.9 Å². The van der Waals surface area contributed by atoms with E-state index in [1.54, 1.807) is 6.08 Å². The summed E-state index contributed by atoms with van der Waals surface area (Å²) in [5, 5.41) is 4.38. The standard InChI is InChI=1S/C18H21N3O/c1-12-11-15-7-5-6-8-17(15)21(12)18(22)10-9-16-13(2)19-20(4)14(16)3/h5-10,12H,11H2,1-4H3/b10-9+. The van der Waals surface area contributed by atoms with Crippen molar-refractivity contribution in [2.45, 2.75) is 33.2 Å². The fraction of sp³-hybridized carbons (Fsp3) is 0.333. The summed E-state index contributed by atoms with van der Waals surface area (Å²) in [5.74, 6) is 0.0279. The minimum absolute atomic E-state index is 0.0279. The zero-order chi connectivity index (χ0) is 15.9. The molecule has 114 valence electrons. The number of hydrogen-bond acceptors (Lipinski definition) is 2. The minimum atomic E-state index is 0.0279. The van der Waals surface area contributed by atoms with Crippen LogP contribution in [-0.2, 0) is 18.3 Å². The van der Waals surface area contributed by atoms with E-state index in [0.717, 1.165) is 29.1 Å². The Morgan fingerprint density at radius 1 is 1.32 bits per heavy atom. The summed E-state index contributed by atoms with van der Waals surface area (Å²) in [7, 11) is 1.92. The number of aromatic nitrogens is 2. The van der Waals surface area contributed by atoms with Crippen LogP contribution in [0, 0.1) is 13.8 Å². The van der Waals surface area contributed by atoms with Crippen LogP contribution in [0.2, 0.25) is 0 Å². The molecule has 1 amide bonds. The highest BCUT2D eigenvalue weighted by atomic mass is 16.2. The van der Waals surface area contributed by atoms with Gasteiger partial charge in [0.2, 0.25) is 0 Å². The van der Waals surface area contributed by atoms with Gasteiger partial charge in [-0.25, -0.2) is 0 Å². The number of carbonyl (C=O) groups excluding carboxylic acids is 1. The number of rotatable bonds is 2. The van der Waals surface area contributed by atoms with Crippen molar-refractivity contribution in [1.82, 2.24) is 9.78 Å². The van der Waals surface area contributed by atoms with Crippen LogP contribution in [0.3, 0.4) is 0 Å². The van der Waals surface area contributed by atoms with Crippen LogP contribution in [0.15, 0.2) is 30.3 Å². The topological polar surface area (TPSA) is 38.1 Å². The van der Waals surface area contributed by atoms with Gasteiger partial charge in [0, 0.05) is 36.1 Å². The summed E-state index contributed by atoms with van der Waals surface area (Å²) in [6, 6.07) is 8.32. The predicted molar refractivity (Wildman–Crippen MR) is 88.8 cm³/mol. The van der Waals surface area contributed by atoms with Crippen LogP contribution in [0.5, 0.6) is 0 Å². The molecule has 1 unspecified atom stereocenters. The predicted octanol–water partition coefficient (Wildman–Crippen LogP) is 3.03. The first-order chi connectivity index (χ1) is 10.5. The van der Waals surface area contributed by atoms with Gasteiger partial charge in [-0.1, -0.05) is 18.2 Å². The Kier molecular flexibility index (Phi) is 3.61. The van der Waals surface area contributed by atoms with E-state index in [1.807, 2.05) is 54.8 Å². The first kappa shape index (κ1) is 14.6. The van der Waals surface area contributed by atoms with Crippen molar-refractivity contribution in [3.63, 3.8) is 0 Å². The molecule has 0 bridgehead atoms. The molecule has 0 saturated heterocycles. The zero-order valence-electron chi connectivity index (χ0n) is 13.5. The summed E-state index contributed by atoms with van der Waals surface area (Å²) in [5.41, 5.74) is 5.31. The van der Waals surface area contributed by atoms with Crippen LogP contribution in [0.1, 0.15) is 29.4 Å². The first-order valence-corrected chi connectivity index (χ1v) is 7.58. The maximum absolute atomic E-state index is 12.6. The Bertz CT molecular complexity index is 758. The largest absolute Gasteiger partial charge is 0.305 e. The summed E-state index contributed by atoms with van der Waals surface area (Å²) in [6.45, 7) is 6.06. The van der Waals surface area contributed by atoms with Crippen LogP contribution in [-0.4, -0.2) is 21.7 Å². The lowest BCUT2D eigenvalue weighted by atomic mass is 10.1.